The molecule has 0 saturated heterocycles. The molecule has 0 spiro atoms. The third-order valence-electron chi connectivity index (χ3n) is 3.99. The maximum atomic E-state index is 11.5. The minimum absolute atomic E-state index is 0.506. The molecule has 3 rings (SSSR count). The normalized spacial score (nSPS) is 10.2. The van der Waals surface area contributed by atoms with E-state index >= 15 is 0 Å². The molecular formula is C21H18O3. The average molecular weight is 318 g/mol. The van der Waals surface area contributed by atoms with Gasteiger partial charge in [0.05, 0.1) is 19.8 Å². The van der Waals surface area contributed by atoms with E-state index in [4.69, 9.17) is 9.47 Å². The molecule has 3 heteroatoms. The lowest BCUT2D eigenvalue weighted by Gasteiger charge is -2.13. The van der Waals surface area contributed by atoms with E-state index in [-0.39, 0.29) is 0 Å². The minimum atomic E-state index is 0.506. The largest absolute Gasteiger partial charge is 0.497 e. The molecule has 3 aromatic carbocycles. The van der Waals surface area contributed by atoms with E-state index in [1.54, 1.807) is 20.3 Å². The Balaban J connectivity index is 2.07. The van der Waals surface area contributed by atoms with Gasteiger partial charge in [-0.3, -0.25) is 4.79 Å². The first-order valence-corrected chi connectivity index (χ1v) is 7.64. The molecule has 0 aliphatic rings. The first-order valence-electron chi connectivity index (χ1n) is 7.64. The number of hydrogen-bond donors (Lipinski definition) is 0. The number of carbonyl (C=O) groups is 1. The van der Waals surface area contributed by atoms with Crippen molar-refractivity contribution < 1.29 is 14.3 Å². The number of aldehydes is 1. The second kappa shape index (κ2) is 7.01. The quantitative estimate of drug-likeness (QED) is 0.631. The van der Waals surface area contributed by atoms with Gasteiger partial charge >= 0.3 is 0 Å². The van der Waals surface area contributed by atoms with Gasteiger partial charge in [-0.15, -0.1) is 0 Å². The van der Waals surface area contributed by atoms with E-state index in [2.05, 4.69) is 12.1 Å². The van der Waals surface area contributed by atoms with Crippen LogP contribution < -0.4 is 9.47 Å². The van der Waals surface area contributed by atoms with Crippen LogP contribution in [-0.4, -0.2) is 20.5 Å². The van der Waals surface area contributed by atoms with Gasteiger partial charge in [0.25, 0.3) is 0 Å². The van der Waals surface area contributed by atoms with Crippen molar-refractivity contribution in [1.82, 2.24) is 0 Å². The van der Waals surface area contributed by atoms with Crippen LogP contribution >= 0.6 is 0 Å². The molecule has 120 valence electrons. The average Bonchev–Trinajstić information content (AvgIpc) is 2.67. The van der Waals surface area contributed by atoms with Crippen LogP contribution in [0.4, 0.5) is 0 Å². The Morgan fingerprint density at radius 3 is 1.96 bits per heavy atom. The van der Waals surface area contributed by atoms with Gasteiger partial charge in [-0.05, 0) is 28.3 Å². The predicted molar refractivity (Wildman–Crippen MR) is 95.8 cm³/mol. The molecule has 0 aromatic heterocycles. The standard InChI is InChI=1S/C21H18O3/c1-23-18-12-19(20(14-22)21(13-18)24-2)17-10-8-16(9-11-17)15-6-4-3-5-7-15/h3-14H,1-2H3. The van der Waals surface area contributed by atoms with Gasteiger partial charge < -0.3 is 9.47 Å². The highest BCUT2D eigenvalue weighted by Crippen LogP contribution is 2.35. The molecule has 0 aliphatic carbocycles. The molecular weight excluding hydrogens is 300 g/mol. The van der Waals surface area contributed by atoms with Crippen LogP contribution in [0.1, 0.15) is 10.4 Å². The Hall–Kier alpha value is -3.07. The Morgan fingerprint density at radius 1 is 0.750 bits per heavy atom. The number of hydrogen-bond acceptors (Lipinski definition) is 3. The summed E-state index contributed by atoms with van der Waals surface area (Å²) >= 11 is 0. The zero-order valence-corrected chi connectivity index (χ0v) is 13.7. The summed E-state index contributed by atoms with van der Waals surface area (Å²) in [6.45, 7) is 0. The third kappa shape index (κ3) is 3.01. The van der Waals surface area contributed by atoms with Crippen molar-refractivity contribution in [3.63, 3.8) is 0 Å². The molecule has 0 heterocycles. The zero-order valence-electron chi connectivity index (χ0n) is 13.7. The van der Waals surface area contributed by atoms with E-state index < -0.39 is 0 Å². The minimum Gasteiger partial charge on any atom is -0.497 e. The topological polar surface area (TPSA) is 35.5 Å². The monoisotopic (exact) mass is 318 g/mol. The van der Waals surface area contributed by atoms with Gasteiger partial charge in [0.1, 0.15) is 11.5 Å². The Labute approximate surface area is 141 Å². The summed E-state index contributed by atoms with van der Waals surface area (Å²) < 4.78 is 10.6. The lowest BCUT2D eigenvalue weighted by Crippen LogP contribution is -1.96. The second-order valence-corrected chi connectivity index (χ2v) is 5.35. The van der Waals surface area contributed by atoms with E-state index in [0.29, 0.717) is 17.1 Å². The number of benzene rings is 3. The van der Waals surface area contributed by atoms with Crippen molar-refractivity contribution in [2.75, 3.05) is 14.2 Å². The van der Waals surface area contributed by atoms with Crippen molar-refractivity contribution in [2.24, 2.45) is 0 Å². The zero-order chi connectivity index (χ0) is 16.9. The summed E-state index contributed by atoms with van der Waals surface area (Å²) in [6.07, 6.45) is 0.818. The number of carbonyl (C=O) groups excluding carboxylic acids is 1. The lowest BCUT2D eigenvalue weighted by atomic mass is 9.96. The van der Waals surface area contributed by atoms with Crippen LogP contribution in [-0.2, 0) is 0 Å². The second-order valence-electron chi connectivity index (χ2n) is 5.35. The molecule has 0 N–H and O–H groups in total. The number of methoxy groups -OCH3 is 2. The van der Waals surface area contributed by atoms with Crippen LogP contribution in [0.25, 0.3) is 22.3 Å². The SMILES string of the molecule is COc1cc(OC)c(C=O)c(-c2ccc(-c3ccccc3)cc2)c1. The molecule has 0 amide bonds. The summed E-state index contributed by atoms with van der Waals surface area (Å²) in [5.41, 5.74) is 4.53. The molecule has 0 bridgehead atoms. The van der Waals surface area contributed by atoms with Crippen molar-refractivity contribution in [3.8, 4) is 33.8 Å². The Morgan fingerprint density at radius 2 is 1.38 bits per heavy atom. The van der Waals surface area contributed by atoms with Gasteiger partial charge in [-0.1, -0.05) is 54.6 Å². The molecule has 0 fully saturated rings. The molecule has 3 aromatic rings. The van der Waals surface area contributed by atoms with Crippen molar-refractivity contribution in [2.45, 2.75) is 0 Å². The number of rotatable bonds is 5. The van der Waals surface area contributed by atoms with E-state index in [1.165, 1.54) is 0 Å². The third-order valence-corrected chi connectivity index (χ3v) is 3.99. The molecule has 0 unspecified atom stereocenters. The molecule has 0 saturated carbocycles. The molecule has 3 nitrogen and oxygen atoms in total. The molecule has 0 radical (unpaired) electrons. The molecule has 0 atom stereocenters. The molecule has 24 heavy (non-hydrogen) atoms. The van der Waals surface area contributed by atoms with E-state index in [0.717, 1.165) is 28.5 Å². The van der Waals surface area contributed by atoms with Crippen LogP contribution in [0.3, 0.4) is 0 Å². The molecule has 0 aliphatic heterocycles. The van der Waals surface area contributed by atoms with Gasteiger partial charge in [-0.2, -0.15) is 0 Å². The first kappa shape index (κ1) is 15.8. The van der Waals surface area contributed by atoms with Gasteiger partial charge in [0, 0.05) is 6.07 Å². The van der Waals surface area contributed by atoms with Crippen LogP contribution in [0, 0.1) is 0 Å². The maximum Gasteiger partial charge on any atom is 0.154 e. The first-order chi connectivity index (χ1) is 11.8. The highest BCUT2D eigenvalue weighted by Gasteiger charge is 2.13. The summed E-state index contributed by atoms with van der Waals surface area (Å²) in [7, 11) is 3.14. The van der Waals surface area contributed by atoms with Crippen LogP contribution in [0.15, 0.2) is 66.7 Å². The highest BCUT2D eigenvalue weighted by atomic mass is 16.5. The smallest absolute Gasteiger partial charge is 0.154 e. The van der Waals surface area contributed by atoms with E-state index in [1.807, 2.05) is 48.5 Å². The van der Waals surface area contributed by atoms with Gasteiger partial charge in [-0.25, -0.2) is 0 Å². The lowest BCUT2D eigenvalue weighted by molar-refractivity contribution is 0.112. The summed E-state index contributed by atoms with van der Waals surface area (Å²) in [5, 5.41) is 0. The fourth-order valence-corrected chi connectivity index (χ4v) is 2.72. The van der Waals surface area contributed by atoms with Crippen molar-refractivity contribution >= 4 is 6.29 Å². The summed E-state index contributed by atoms with van der Waals surface area (Å²) in [5.74, 6) is 1.16. The fourth-order valence-electron chi connectivity index (χ4n) is 2.72. The van der Waals surface area contributed by atoms with Crippen LogP contribution in [0.2, 0.25) is 0 Å². The maximum absolute atomic E-state index is 11.5. The van der Waals surface area contributed by atoms with Gasteiger partial charge in [0.15, 0.2) is 6.29 Å². The fraction of sp³-hybridized carbons (Fsp3) is 0.0952. The van der Waals surface area contributed by atoms with E-state index in [9.17, 15) is 4.79 Å². The predicted octanol–water partition coefficient (Wildman–Crippen LogP) is 4.85. The van der Waals surface area contributed by atoms with Crippen molar-refractivity contribution in [1.29, 1.82) is 0 Å². The number of ether oxygens (including phenoxy) is 2. The van der Waals surface area contributed by atoms with Gasteiger partial charge in [0.2, 0.25) is 0 Å². The summed E-state index contributed by atoms with van der Waals surface area (Å²) in [4.78, 5) is 11.5. The Kier molecular flexibility index (Phi) is 4.62. The van der Waals surface area contributed by atoms with Crippen molar-refractivity contribution in [3.05, 3.63) is 72.3 Å². The summed E-state index contributed by atoms with van der Waals surface area (Å²) in [6, 6.07) is 21.8. The Bertz CT molecular complexity index is 837. The van der Waals surface area contributed by atoms with Crippen LogP contribution in [0.5, 0.6) is 11.5 Å². The highest BCUT2D eigenvalue weighted by molar-refractivity contribution is 5.92.